The third-order valence-corrected chi connectivity index (χ3v) is 2.55. The Morgan fingerprint density at radius 2 is 2.47 bits per heavy atom. The van der Waals surface area contributed by atoms with Gasteiger partial charge in [-0.15, -0.1) is 0 Å². The second-order valence-electron chi connectivity index (χ2n) is 3.80. The molecule has 0 saturated heterocycles. The quantitative estimate of drug-likeness (QED) is 0.743. The van der Waals surface area contributed by atoms with Gasteiger partial charge in [0.25, 0.3) is 0 Å². The first-order valence-corrected chi connectivity index (χ1v) is 5.32. The summed E-state index contributed by atoms with van der Waals surface area (Å²) in [6, 6.07) is 1.74. The van der Waals surface area contributed by atoms with Gasteiger partial charge in [-0.05, 0) is 25.7 Å². The molecule has 4 heteroatoms. The fraction of sp³-hybridized carbons (Fsp3) is 0.455. The van der Waals surface area contributed by atoms with E-state index in [1.54, 1.807) is 12.3 Å². The summed E-state index contributed by atoms with van der Waals surface area (Å²) in [5.74, 6) is 0.698. The molecule has 0 aromatic carbocycles. The topological polar surface area (TPSA) is 57.8 Å². The van der Waals surface area contributed by atoms with Crippen molar-refractivity contribution >= 4 is 11.7 Å². The van der Waals surface area contributed by atoms with Crippen molar-refractivity contribution in [3.63, 3.8) is 0 Å². The number of anilines is 1. The molecule has 1 amide bonds. The summed E-state index contributed by atoms with van der Waals surface area (Å²) < 4.78 is 0. The predicted molar refractivity (Wildman–Crippen MR) is 58.4 cm³/mol. The highest BCUT2D eigenvalue weighted by Crippen LogP contribution is 2.20. The van der Waals surface area contributed by atoms with Gasteiger partial charge in [-0.3, -0.25) is 9.89 Å². The van der Waals surface area contributed by atoms with E-state index in [-0.39, 0.29) is 5.91 Å². The fourth-order valence-electron chi connectivity index (χ4n) is 1.79. The number of aromatic nitrogens is 2. The van der Waals surface area contributed by atoms with Crippen LogP contribution < -0.4 is 5.32 Å². The van der Waals surface area contributed by atoms with Crippen molar-refractivity contribution in [3.8, 4) is 0 Å². The minimum Gasteiger partial charge on any atom is -0.311 e. The fourth-order valence-corrected chi connectivity index (χ4v) is 1.79. The number of hydrogen-bond donors (Lipinski definition) is 2. The van der Waals surface area contributed by atoms with Gasteiger partial charge in [0.05, 0.1) is 6.20 Å². The summed E-state index contributed by atoms with van der Waals surface area (Å²) >= 11 is 0. The van der Waals surface area contributed by atoms with Gasteiger partial charge in [0.2, 0.25) is 5.91 Å². The van der Waals surface area contributed by atoms with Crippen LogP contribution in [0.2, 0.25) is 0 Å². The minimum absolute atomic E-state index is 0.0346. The third kappa shape index (κ3) is 2.94. The molecule has 0 fully saturated rings. The highest BCUT2D eigenvalue weighted by atomic mass is 16.1. The summed E-state index contributed by atoms with van der Waals surface area (Å²) in [5, 5.41) is 9.24. The molecule has 80 valence electrons. The Balaban J connectivity index is 1.84. The third-order valence-electron chi connectivity index (χ3n) is 2.55. The molecule has 1 heterocycles. The van der Waals surface area contributed by atoms with E-state index in [0.717, 1.165) is 12.8 Å². The highest BCUT2D eigenvalue weighted by Gasteiger charge is 2.09. The first-order chi connectivity index (χ1) is 7.34. The lowest BCUT2D eigenvalue weighted by molar-refractivity contribution is -0.115. The van der Waals surface area contributed by atoms with E-state index in [1.807, 2.05) is 0 Å². The Morgan fingerprint density at radius 1 is 1.53 bits per heavy atom. The number of H-pyrrole nitrogens is 1. The zero-order chi connectivity index (χ0) is 10.5. The van der Waals surface area contributed by atoms with Crippen LogP contribution in [-0.2, 0) is 4.79 Å². The molecule has 0 spiro atoms. The molecule has 0 unspecified atom stereocenters. The summed E-state index contributed by atoms with van der Waals surface area (Å²) in [6.45, 7) is 0. The molecule has 0 saturated carbocycles. The van der Waals surface area contributed by atoms with Gasteiger partial charge in [-0.25, -0.2) is 0 Å². The van der Waals surface area contributed by atoms with Crippen LogP contribution in [0.15, 0.2) is 23.9 Å². The summed E-state index contributed by atoms with van der Waals surface area (Å²) in [5.41, 5.74) is 1.26. The van der Waals surface area contributed by atoms with Crippen molar-refractivity contribution in [1.82, 2.24) is 10.2 Å². The predicted octanol–water partition coefficient (Wildman–Crippen LogP) is 2.24. The standard InChI is InChI=1S/C11H15N3O/c15-11(13-10-6-7-12-14-10)8-9-4-2-1-3-5-9/h4,6-7H,1-3,5,8H2,(H2,12,13,14,15). The Hall–Kier alpha value is -1.58. The van der Waals surface area contributed by atoms with Crippen LogP contribution in [0.3, 0.4) is 0 Å². The maximum absolute atomic E-state index is 11.6. The van der Waals surface area contributed by atoms with Gasteiger partial charge >= 0.3 is 0 Å². The van der Waals surface area contributed by atoms with E-state index >= 15 is 0 Å². The van der Waals surface area contributed by atoms with Crippen molar-refractivity contribution in [2.75, 3.05) is 5.32 Å². The SMILES string of the molecule is O=C(CC1=CCCCC1)Nc1ccn[nH]1. The van der Waals surface area contributed by atoms with Crippen LogP contribution in [-0.4, -0.2) is 16.1 Å². The summed E-state index contributed by atoms with van der Waals surface area (Å²) in [7, 11) is 0. The van der Waals surface area contributed by atoms with Crippen molar-refractivity contribution < 1.29 is 4.79 Å². The molecule has 1 aromatic heterocycles. The number of carbonyl (C=O) groups is 1. The zero-order valence-electron chi connectivity index (χ0n) is 8.62. The lowest BCUT2D eigenvalue weighted by Crippen LogP contribution is -2.13. The monoisotopic (exact) mass is 205 g/mol. The molecule has 0 radical (unpaired) electrons. The second-order valence-corrected chi connectivity index (χ2v) is 3.80. The molecule has 0 aliphatic heterocycles. The van der Waals surface area contributed by atoms with Gasteiger partial charge < -0.3 is 5.32 Å². The van der Waals surface area contributed by atoms with Crippen molar-refractivity contribution in [2.24, 2.45) is 0 Å². The average Bonchev–Trinajstić information content (AvgIpc) is 2.71. The lowest BCUT2D eigenvalue weighted by atomic mass is 9.97. The molecule has 4 nitrogen and oxygen atoms in total. The summed E-state index contributed by atoms with van der Waals surface area (Å²) in [6.07, 6.45) is 8.97. The van der Waals surface area contributed by atoms with Crippen LogP contribution in [0, 0.1) is 0 Å². The Kier molecular flexibility index (Phi) is 3.17. The number of amides is 1. The molecular formula is C11H15N3O. The lowest BCUT2D eigenvalue weighted by Gasteiger charge is -2.11. The Labute approximate surface area is 88.8 Å². The van der Waals surface area contributed by atoms with Gasteiger partial charge in [0, 0.05) is 12.5 Å². The number of rotatable bonds is 3. The molecular weight excluding hydrogens is 190 g/mol. The van der Waals surface area contributed by atoms with Crippen molar-refractivity contribution in [3.05, 3.63) is 23.9 Å². The largest absolute Gasteiger partial charge is 0.311 e. The molecule has 0 bridgehead atoms. The molecule has 1 aliphatic carbocycles. The van der Waals surface area contributed by atoms with Gasteiger partial charge in [-0.1, -0.05) is 11.6 Å². The van der Waals surface area contributed by atoms with E-state index in [2.05, 4.69) is 21.6 Å². The van der Waals surface area contributed by atoms with Gasteiger partial charge in [0.1, 0.15) is 5.82 Å². The normalized spacial score (nSPS) is 15.9. The van der Waals surface area contributed by atoms with E-state index < -0.39 is 0 Å². The maximum atomic E-state index is 11.6. The second kappa shape index (κ2) is 4.77. The molecule has 2 rings (SSSR count). The van der Waals surface area contributed by atoms with Crippen LogP contribution in [0.5, 0.6) is 0 Å². The van der Waals surface area contributed by atoms with E-state index in [0.29, 0.717) is 12.2 Å². The molecule has 1 aromatic rings. The van der Waals surface area contributed by atoms with Gasteiger partial charge in [-0.2, -0.15) is 5.10 Å². The number of allylic oxidation sites excluding steroid dienone is 1. The Morgan fingerprint density at radius 3 is 3.13 bits per heavy atom. The minimum atomic E-state index is 0.0346. The molecule has 2 N–H and O–H groups in total. The maximum Gasteiger partial charge on any atom is 0.229 e. The number of aromatic amines is 1. The number of hydrogen-bond acceptors (Lipinski definition) is 2. The first kappa shape index (κ1) is 9.96. The molecule has 0 atom stereocenters. The van der Waals surface area contributed by atoms with Crippen LogP contribution in [0.4, 0.5) is 5.82 Å². The van der Waals surface area contributed by atoms with Gasteiger partial charge in [0.15, 0.2) is 0 Å². The van der Waals surface area contributed by atoms with Crippen LogP contribution in [0.1, 0.15) is 32.1 Å². The molecule has 15 heavy (non-hydrogen) atoms. The van der Waals surface area contributed by atoms with Crippen molar-refractivity contribution in [2.45, 2.75) is 32.1 Å². The number of nitrogens with one attached hydrogen (secondary N) is 2. The Bertz CT molecular complexity index is 354. The first-order valence-electron chi connectivity index (χ1n) is 5.32. The summed E-state index contributed by atoms with van der Waals surface area (Å²) in [4.78, 5) is 11.6. The number of nitrogens with zero attached hydrogens (tertiary/aromatic N) is 1. The van der Waals surface area contributed by atoms with Crippen LogP contribution in [0.25, 0.3) is 0 Å². The molecule has 1 aliphatic rings. The van der Waals surface area contributed by atoms with Crippen molar-refractivity contribution in [1.29, 1.82) is 0 Å². The van der Waals surface area contributed by atoms with E-state index in [4.69, 9.17) is 0 Å². The highest BCUT2D eigenvalue weighted by molar-refractivity contribution is 5.91. The average molecular weight is 205 g/mol. The smallest absolute Gasteiger partial charge is 0.229 e. The number of carbonyl (C=O) groups excluding carboxylic acids is 1. The van der Waals surface area contributed by atoms with E-state index in [1.165, 1.54) is 18.4 Å². The zero-order valence-corrected chi connectivity index (χ0v) is 8.62. The van der Waals surface area contributed by atoms with E-state index in [9.17, 15) is 4.79 Å². The van der Waals surface area contributed by atoms with Crippen LogP contribution >= 0.6 is 0 Å².